The number of anilines is 5. The maximum Gasteiger partial charge on any atom is 0.355 e. The number of carboxylic acid groups (broad SMARTS) is 1. The van der Waals surface area contributed by atoms with Gasteiger partial charge in [-0.2, -0.15) is 33.9 Å². The average Bonchev–Trinajstić information content (AvgIpc) is 3.56. The molecule has 1 atom stereocenters. The van der Waals surface area contributed by atoms with Crippen LogP contribution in [0, 0.1) is 0 Å². The Morgan fingerprint density at radius 1 is 0.763 bits per heavy atom. The number of hydrazone groups is 2. The number of ketones is 1. The first-order valence-electron chi connectivity index (χ1n) is 17.3. The Kier molecular flexibility index (Phi) is 10.7. The van der Waals surface area contributed by atoms with Crippen LogP contribution in [0.1, 0.15) is 36.6 Å². The van der Waals surface area contributed by atoms with Crippen LogP contribution < -0.4 is 26.8 Å². The van der Waals surface area contributed by atoms with Gasteiger partial charge in [0.1, 0.15) is 4.91 Å². The fourth-order valence-corrected chi connectivity index (χ4v) is 6.43. The Bertz CT molecular complexity index is 2770. The number of Topliss-reactive ketones (excluding diaryl/α,β-unsaturated/α-hetero) is 1. The van der Waals surface area contributed by atoms with E-state index in [9.17, 15) is 42.0 Å². The molecular formula is C40H29N9O9S. The number of fused-ring (bicyclic) bond motifs is 1. The Labute approximate surface area is 334 Å². The lowest BCUT2D eigenvalue weighted by Crippen LogP contribution is -2.32. The van der Waals surface area contributed by atoms with Crippen LogP contribution in [-0.4, -0.2) is 65.0 Å². The van der Waals surface area contributed by atoms with E-state index < -0.39 is 62.0 Å². The molecular weight excluding hydrogens is 783 g/mol. The highest BCUT2D eigenvalue weighted by Crippen LogP contribution is 2.29. The second-order valence-electron chi connectivity index (χ2n) is 12.7. The van der Waals surface area contributed by atoms with Gasteiger partial charge in [0.05, 0.1) is 17.1 Å². The average molecular weight is 812 g/mol. The molecule has 0 radical (unpaired) electrons. The summed E-state index contributed by atoms with van der Waals surface area (Å²) in [5.74, 6) is -3.89. The molecule has 2 aliphatic rings. The monoisotopic (exact) mass is 811 g/mol. The van der Waals surface area contributed by atoms with Crippen molar-refractivity contribution in [2.75, 3.05) is 26.8 Å². The van der Waals surface area contributed by atoms with Gasteiger partial charge in [0.2, 0.25) is 11.8 Å². The van der Waals surface area contributed by atoms with Crippen molar-refractivity contribution in [3.8, 4) is 0 Å². The van der Waals surface area contributed by atoms with Crippen molar-refractivity contribution in [2.24, 2.45) is 20.4 Å². The summed E-state index contributed by atoms with van der Waals surface area (Å²) in [6, 6.07) is 29.1. The molecule has 0 spiro atoms. The lowest BCUT2D eigenvalue weighted by atomic mass is 9.94. The molecule has 294 valence electrons. The third-order valence-electron chi connectivity index (χ3n) is 8.73. The first-order chi connectivity index (χ1) is 28.2. The van der Waals surface area contributed by atoms with Crippen molar-refractivity contribution in [3.05, 3.63) is 148 Å². The van der Waals surface area contributed by atoms with Gasteiger partial charge in [-0.15, -0.1) is 0 Å². The van der Waals surface area contributed by atoms with Crippen LogP contribution in [0.25, 0.3) is 6.08 Å². The van der Waals surface area contributed by atoms with Crippen LogP contribution in [0.3, 0.4) is 0 Å². The molecule has 1 unspecified atom stereocenters. The van der Waals surface area contributed by atoms with Crippen LogP contribution in [-0.2, 0) is 19.7 Å². The third kappa shape index (κ3) is 8.65. The summed E-state index contributed by atoms with van der Waals surface area (Å²) < 4.78 is 34.7. The number of hydrogen-bond acceptors (Lipinski definition) is 13. The van der Waals surface area contributed by atoms with Gasteiger partial charge in [0, 0.05) is 33.8 Å². The Hall–Kier alpha value is -8.16. The summed E-state index contributed by atoms with van der Waals surface area (Å²) in [4.78, 5) is 63.0. The van der Waals surface area contributed by atoms with E-state index in [1.54, 1.807) is 42.5 Å². The molecule has 59 heavy (non-hydrogen) atoms. The number of para-hydroxylation sites is 1. The number of azo groups is 1. The second-order valence-corrected chi connectivity index (χ2v) is 14.1. The zero-order valence-electron chi connectivity index (χ0n) is 30.2. The number of hydrogen-bond donors (Lipinski definition) is 6. The van der Waals surface area contributed by atoms with Gasteiger partial charge in [-0.05, 0) is 115 Å². The summed E-state index contributed by atoms with van der Waals surface area (Å²) >= 11 is 0. The van der Waals surface area contributed by atoms with Crippen LogP contribution in [0.4, 0.5) is 34.1 Å². The number of nitrogens with two attached hydrogens (primary N) is 1. The molecule has 18 nitrogen and oxygen atoms in total. The number of nitrogens with one attached hydrogen (secondary N) is 3. The van der Waals surface area contributed by atoms with E-state index in [-0.39, 0.29) is 33.8 Å². The SMILES string of the molecule is Nc1ccc(C(=O)Nc2ccc3c(c2)C=C(S(=O)(=O)O)C(=NNc2ccc(C(=O)Nc4ccc(N=NC5C(=O)N(c6ccccc6)N=C5C(=O)O)cc4)cc2)C3=O)cc1. The summed E-state index contributed by atoms with van der Waals surface area (Å²) in [7, 11) is -4.95. The number of nitrogens with zero attached hydrogens (tertiary/aromatic N) is 5. The molecule has 7 N–H and O–H groups in total. The smallest absolute Gasteiger partial charge is 0.355 e. The van der Waals surface area contributed by atoms with Crippen molar-refractivity contribution in [1.29, 1.82) is 0 Å². The van der Waals surface area contributed by atoms with E-state index in [0.717, 1.165) is 11.1 Å². The third-order valence-corrected chi connectivity index (χ3v) is 9.59. The topological polar surface area (TPSA) is 275 Å². The van der Waals surface area contributed by atoms with Crippen LogP contribution in [0.5, 0.6) is 0 Å². The quantitative estimate of drug-likeness (QED) is 0.0413. The van der Waals surface area contributed by atoms with E-state index >= 15 is 0 Å². The first kappa shape index (κ1) is 39.1. The predicted octanol–water partition coefficient (Wildman–Crippen LogP) is 5.61. The molecule has 1 aliphatic heterocycles. The van der Waals surface area contributed by atoms with Crippen LogP contribution >= 0.6 is 0 Å². The zero-order valence-corrected chi connectivity index (χ0v) is 31.0. The summed E-state index contributed by atoms with van der Waals surface area (Å²) in [6.45, 7) is 0. The van der Waals surface area contributed by atoms with Gasteiger partial charge in [-0.3, -0.25) is 29.2 Å². The second kappa shape index (κ2) is 16.1. The molecule has 19 heteroatoms. The lowest BCUT2D eigenvalue weighted by molar-refractivity contribution is -0.130. The molecule has 0 saturated carbocycles. The van der Waals surface area contributed by atoms with Gasteiger partial charge in [0.25, 0.3) is 27.8 Å². The highest BCUT2D eigenvalue weighted by molar-refractivity contribution is 7.91. The standard InChI is InChI=1S/C40H29N9O9S/c41-25-10-6-22(7-11-25)38(52)43-29-18-19-31-24(20-29)21-32(59(56,57)58)33(36(31)50)46-44-27-12-8-23(9-13-27)37(51)42-26-14-16-28(17-15-26)45-47-34-35(40(54)55)48-49(39(34)53)30-4-2-1-3-5-30/h1-21,34,44H,41H2,(H,42,51)(H,43,52)(H,54,55)(H,56,57,58). The van der Waals surface area contributed by atoms with Crippen molar-refractivity contribution >= 4 is 91.2 Å². The number of rotatable bonds is 11. The van der Waals surface area contributed by atoms with E-state index in [0.29, 0.717) is 22.6 Å². The minimum Gasteiger partial charge on any atom is -0.477 e. The molecule has 3 amide bonds. The fourth-order valence-electron chi connectivity index (χ4n) is 5.77. The fraction of sp³-hybridized carbons (Fsp3) is 0.0250. The number of carboxylic acids is 1. The van der Waals surface area contributed by atoms with E-state index in [2.05, 4.69) is 36.5 Å². The maximum atomic E-state index is 13.4. The number of amides is 3. The van der Waals surface area contributed by atoms with Gasteiger partial charge in [0.15, 0.2) is 11.4 Å². The summed E-state index contributed by atoms with van der Waals surface area (Å²) in [5, 5.41) is 31.8. The molecule has 0 fully saturated rings. The molecule has 5 aromatic carbocycles. The lowest BCUT2D eigenvalue weighted by Gasteiger charge is -2.17. The number of carbonyl (C=O) groups excluding carboxylic acids is 4. The zero-order chi connectivity index (χ0) is 41.8. The van der Waals surface area contributed by atoms with Gasteiger partial charge < -0.3 is 21.5 Å². The highest BCUT2D eigenvalue weighted by Gasteiger charge is 2.41. The number of benzene rings is 5. The molecule has 0 bridgehead atoms. The molecule has 0 saturated heterocycles. The molecule has 7 rings (SSSR count). The van der Waals surface area contributed by atoms with Gasteiger partial charge in [-0.25, -0.2) is 4.79 Å². The Morgan fingerprint density at radius 3 is 1.98 bits per heavy atom. The number of aliphatic carboxylic acids is 1. The molecule has 0 aromatic heterocycles. The van der Waals surface area contributed by atoms with Crippen LogP contribution in [0.2, 0.25) is 0 Å². The van der Waals surface area contributed by atoms with Crippen molar-refractivity contribution in [2.45, 2.75) is 6.04 Å². The molecule has 5 aromatic rings. The summed E-state index contributed by atoms with van der Waals surface area (Å²) in [5.41, 5.74) is 9.91. The van der Waals surface area contributed by atoms with E-state index in [4.69, 9.17) is 5.73 Å². The number of nitrogen functional groups attached to an aromatic ring is 1. The number of allylic oxidation sites excluding steroid dienone is 1. The predicted molar refractivity (Wildman–Crippen MR) is 218 cm³/mol. The largest absolute Gasteiger partial charge is 0.477 e. The summed E-state index contributed by atoms with van der Waals surface area (Å²) in [6.07, 6.45) is 1.06. The molecule has 1 heterocycles. The van der Waals surface area contributed by atoms with E-state index in [1.807, 2.05) is 0 Å². The Balaban J connectivity index is 0.988. The highest BCUT2D eigenvalue weighted by atomic mass is 32.2. The molecule has 1 aliphatic carbocycles. The van der Waals surface area contributed by atoms with Crippen molar-refractivity contribution in [3.63, 3.8) is 0 Å². The van der Waals surface area contributed by atoms with Gasteiger partial charge >= 0.3 is 5.97 Å². The Morgan fingerprint density at radius 2 is 1.36 bits per heavy atom. The normalized spacial score (nSPS) is 15.7. The number of carbonyl (C=O) groups is 5. The maximum absolute atomic E-state index is 13.4. The van der Waals surface area contributed by atoms with Crippen LogP contribution in [0.15, 0.2) is 147 Å². The van der Waals surface area contributed by atoms with Gasteiger partial charge in [-0.1, -0.05) is 18.2 Å². The minimum absolute atomic E-state index is 0.0624. The van der Waals surface area contributed by atoms with Crippen molar-refractivity contribution in [1.82, 2.24) is 0 Å². The van der Waals surface area contributed by atoms with Crippen molar-refractivity contribution < 1.29 is 42.0 Å². The minimum atomic E-state index is -4.95. The van der Waals surface area contributed by atoms with E-state index in [1.165, 1.54) is 78.9 Å². The first-order valence-corrected chi connectivity index (χ1v) is 18.7.